The highest BCUT2D eigenvalue weighted by Crippen LogP contribution is 2.21. The Kier molecular flexibility index (Phi) is 7.31. The fourth-order valence-electron chi connectivity index (χ4n) is 2.03. The van der Waals surface area contributed by atoms with Crippen LogP contribution < -0.4 is 16.0 Å². The second-order valence-corrected chi connectivity index (χ2v) is 4.76. The first kappa shape index (κ1) is 18.7. The van der Waals surface area contributed by atoms with Gasteiger partial charge in [-0.2, -0.15) is 0 Å². The van der Waals surface area contributed by atoms with Gasteiger partial charge >= 0.3 is 0 Å². The summed E-state index contributed by atoms with van der Waals surface area (Å²) in [6.45, 7) is 1.01. The minimum absolute atomic E-state index is 0. The van der Waals surface area contributed by atoms with Gasteiger partial charge < -0.3 is 20.4 Å². The van der Waals surface area contributed by atoms with Crippen molar-refractivity contribution in [2.45, 2.75) is 6.42 Å². The Hall–Kier alpha value is -2.31. The van der Waals surface area contributed by atoms with Crippen LogP contribution in [0.3, 0.4) is 0 Å². The molecule has 1 aromatic carbocycles. The van der Waals surface area contributed by atoms with Gasteiger partial charge in [0.1, 0.15) is 0 Å². The largest absolute Gasteiger partial charge is 0.459 e. The predicted octanol–water partition coefficient (Wildman–Crippen LogP) is 2.06. The van der Waals surface area contributed by atoms with E-state index in [2.05, 4.69) is 5.32 Å². The second kappa shape index (κ2) is 8.97. The standard InChI is InChI=1S/C16H19N3O3.ClH/c1-19(16(21)14-8-4-11-22-14)13-7-3-2-6-12(13)15(20)18-10-5-9-17;/h2-4,6-8,11H,5,9-10,17H2,1H3,(H,18,20);1H. The summed E-state index contributed by atoms with van der Waals surface area (Å²) in [6.07, 6.45) is 2.14. The molecule has 0 saturated heterocycles. The molecule has 1 aromatic heterocycles. The molecule has 7 heteroatoms. The molecule has 2 rings (SSSR count). The molecule has 6 nitrogen and oxygen atoms in total. The number of carbonyl (C=O) groups is 2. The van der Waals surface area contributed by atoms with Crippen LogP contribution in [0.25, 0.3) is 0 Å². The molecule has 124 valence electrons. The third kappa shape index (κ3) is 4.58. The molecule has 2 amide bonds. The topological polar surface area (TPSA) is 88.6 Å². The molecule has 0 aliphatic carbocycles. The van der Waals surface area contributed by atoms with Crippen molar-refractivity contribution >= 4 is 29.9 Å². The number of amides is 2. The SMILES string of the molecule is CN(C(=O)c1ccco1)c1ccccc1C(=O)NCCCN.Cl. The zero-order valence-electron chi connectivity index (χ0n) is 12.8. The molecule has 0 aliphatic heterocycles. The van der Waals surface area contributed by atoms with E-state index in [0.29, 0.717) is 30.8 Å². The van der Waals surface area contributed by atoms with E-state index in [1.165, 1.54) is 11.2 Å². The maximum atomic E-state index is 12.3. The van der Waals surface area contributed by atoms with Gasteiger partial charge in [0.15, 0.2) is 5.76 Å². The summed E-state index contributed by atoms with van der Waals surface area (Å²) >= 11 is 0. The van der Waals surface area contributed by atoms with Crippen molar-refractivity contribution in [2.24, 2.45) is 5.73 Å². The quantitative estimate of drug-likeness (QED) is 0.790. The fraction of sp³-hybridized carbons (Fsp3) is 0.250. The first-order valence-electron chi connectivity index (χ1n) is 7.04. The number of halogens is 1. The molecule has 0 saturated carbocycles. The summed E-state index contributed by atoms with van der Waals surface area (Å²) < 4.78 is 5.11. The lowest BCUT2D eigenvalue weighted by atomic mass is 10.1. The summed E-state index contributed by atoms with van der Waals surface area (Å²) in [5.41, 5.74) is 6.37. The molecule has 0 radical (unpaired) electrons. The first-order chi connectivity index (χ1) is 10.6. The number of nitrogens with two attached hydrogens (primary N) is 1. The van der Waals surface area contributed by atoms with Crippen molar-refractivity contribution in [2.75, 3.05) is 25.0 Å². The van der Waals surface area contributed by atoms with Crippen LogP contribution in [0, 0.1) is 0 Å². The van der Waals surface area contributed by atoms with Crippen LogP contribution in [0.4, 0.5) is 5.69 Å². The zero-order chi connectivity index (χ0) is 15.9. The van der Waals surface area contributed by atoms with E-state index in [1.54, 1.807) is 43.4 Å². The lowest BCUT2D eigenvalue weighted by Gasteiger charge is -2.19. The Morgan fingerprint density at radius 2 is 1.96 bits per heavy atom. The highest BCUT2D eigenvalue weighted by Gasteiger charge is 2.20. The summed E-state index contributed by atoms with van der Waals surface area (Å²) in [5, 5.41) is 2.79. The van der Waals surface area contributed by atoms with Crippen molar-refractivity contribution in [3.8, 4) is 0 Å². The fourth-order valence-corrected chi connectivity index (χ4v) is 2.03. The van der Waals surface area contributed by atoms with Gasteiger partial charge in [0.2, 0.25) is 0 Å². The summed E-state index contributed by atoms with van der Waals surface area (Å²) in [5.74, 6) is -0.323. The Morgan fingerprint density at radius 1 is 1.22 bits per heavy atom. The third-order valence-corrected chi connectivity index (χ3v) is 3.21. The van der Waals surface area contributed by atoms with Crippen molar-refractivity contribution < 1.29 is 14.0 Å². The smallest absolute Gasteiger partial charge is 0.293 e. The molecular weight excluding hydrogens is 318 g/mol. The van der Waals surface area contributed by atoms with Crippen LogP contribution >= 0.6 is 12.4 Å². The van der Waals surface area contributed by atoms with E-state index >= 15 is 0 Å². The number of para-hydroxylation sites is 1. The molecule has 0 aliphatic rings. The summed E-state index contributed by atoms with van der Waals surface area (Å²) in [4.78, 5) is 26.0. The normalized spacial score (nSPS) is 9.83. The van der Waals surface area contributed by atoms with E-state index in [1.807, 2.05) is 0 Å². The van der Waals surface area contributed by atoms with Gasteiger partial charge in [-0.3, -0.25) is 9.59 Å². The predicted molar refractivity (Wildman–Crippen MR) is 91.1 cm³/mol. The van der Waals surface area contributed by atoms with Gasteiger partial charge in [0, 0.05) is 13.6 Å². The van der Waals surface area contributed by atoms with Gasteiger partial charge in [0.25, 0.3) is 11.8 Å². The van der Waals surface area contributed by atoms with Crippen molar-refractivity contribution in [3.05, 3.63) is 54.0 Å². The lowest BCUT2D eigenvalue weighted by molar-refractivity contribution is 0.0953. The molecule has 0 unspecified atom stereocenters. The highest BCUT2D eigenvalue weighted by molar-refractivity contribution is 6.09. The molecular formula is C16H20ClN3O3. The van der Waals surface area contributed by atoms with E-state index < -0.39 is 0 Å². The van der Waals surface area contributed by atoms with Crippen molar-refractivity contribution in [3.63, 3.8) is 0 Å². The lowest BCUT2D eigenvalue weighted by Crippen LogP contribution is -2.31. The van der Waals surface area contributed by atoms with Gasteiger partial charge in [-0.1, -0.05) is 12.1 Å². The summed E-state index contributed by atoms with van der Waals surface area (Å²) in [6, 6.07) is 10.2. The highest BCUT2D eigenvalue weighted by atomic mass is 35.5. The number of benzene rings is 1. The number of hydrogen-bond acceptors (Lipinski definition) is 4. The second-order valence-electron chi connectivity index (χ2n) is 4.76. The number of furan rings is 1. The minimum Gasteiger partial charge on any atom is -0.459 e. The number of anilines is 1. The van der Waals surface area contributed by atoms with E-state index in [4.69, 9.17) is 10.2 Å². The Balaban J connectivity index is 0.00000264. The zero-order valence-corrected chi connectivity index (χ0v) is 13.6. The number of carbonyl (C=O) groups excluding carboxylic acids is 2. The average molecular weight is 338 g/mol. The van der Waals surface area contributed by atoms with Gasteiger partial charge in [-0.25, -0.2) is 0 Å². The monoisotopic (exact) mass is 337 g/mol. The van der Waals surface area contributed by atoms with Gasteiger partial charge in [-0.05, 0) is 37.2 Å². The van der Waals surface area contributed by atoms with Gasteiger partial charge in [-0.15, -0.1) is 12.4 Å². The molecule has 0 bridgehead atoms. The molecule has 0 fully saturated rings. The van der Waals surface area contributed by atoms with Crippen LogP contribution in [-0.4, -0.2) is 32.0 Å². The van der Waals surface area contributed by atoms with E-state index in [-0.39, 0.29) is 30.0 Å². The van der Waals surface area contributed by atoms with Crippen LogP contribution in [0.1, 0.15) is 27.3 Å². The minimum atomic E-state index is -0.313. The van der Waals surface area contributed by atoms with Crippen LogP contribution in [0.5, 0.6) is 0 Å². The maximum absolute atomic E-state index is 12.3. The molecule has 0 spiro atoms. The number of nitrogens with zero attached hydrogens (tertiary/aromatic N) is 1. The maximum Gasteiger partial charge on any atom is 0.293 e. The van der Waals surface area contributed by atoms with Crippen LogP contribution in [0.15, 0.2) is 47.1 Å². The number of hydrogen-bond donors (Lipinski definition) is 2. The van der Waals surface area contributed by atoms with E-state index in [0.717, 1.165) is 0 Å². The molecule has 3 N–H and O–H groups in total. The Labute approximate surface area is 141 Å². The van der Waals surface area contributed by atoms with Crippen molar-refractivity contribution in [1.82, 2.24) is 5.32 Å². The van der Waals surface area contributed by atoms with E-state index in [9.17, 15) is 9.59 Å². The van der Waals surface area contributed by atoms with Crippen LogP contribution in [0.2, 0.25) is 0 Å². The molecule has 23 heavy (non-hydrogen) atoms. The van der Waals surface area contributed by atoms with Gasteiger partial charge in [0.05, 0.1) is 17.5 Å². The first-order valence-corrected chi connectivity index (χ1v) is 7.04. The molecule has 0 atom stereocenters. The average Bonchev–Trinajstić information content (AvgIpc) is 3.08. The summed E-state index contributed by atoms with van der Waals surface area (Å²) in [7, 11) is 1.61. The third-order valence-electron chi connectivity index (χ3n) is 3.21. The number of rotatable bonds is 6. The van der Waals surface area contributed by atoms with Crippen molar-refractivity contribution in [1.29, 1.82) is 0 Å². The molecule has 1 heterocycles. The van der Waals surface area contributed by atoms with Crippen LogP contribution in [-0.2, 0) is 0 Å². The Bertz CT molecular complexity index is 644. The number of nitrogens with one attached hydrogen (secondary N) is 1. The molecule has 2 aromatic rings. The Morgan fingerprint density at radius 3 is 2.61 bits per heavy atom.